The molecule has 2 N–H and O–H groups in total. The van der Waals surface area contributed by atoms with Crippen molar-refractivity contribution in [2.45, 2.75) is 44.7 Å². The maximum atomic E-state index is 4.37. The molecule has 2 unspecified atom stereocenters. The van der Waals surface area contributed by atoms with E-state index in [1.807, 2.05) is 7.05 Å². The number of guanidine groups is 1. The van der Waals surface area contributed by atoms with Gasteiger partial charge in [0.2, 0.25) is 0 Å². The van der Waals surface area contributed by atoms with Gasteiger partial charge in [0.15, 0.2) is 5.96 Å². The van der Waals surface area contributed by atoms with Gasteiger partial charge in [-0.15, -0.1) is 24.0 Å². The summed E-state index contributed by atoms with van der Waals surface area (Å²) in [4.78, 5) is 6.77. The van der Waals surface area contributed by atoms with Crippen LogP contribution < -0.4 is 10.6 Å². The number of aliphatic imine (C=N–C) groups is 1. The SMILES string of the molecule is CN=C(NCCn1cccc1)NCC1(N(C)C)CCCC(C)C1.I. The summed E-state index contributed by atoms with van der Waals surface area (Å²) in [6.45, 7) is 5.15. The zero-order valence-corrected chi connectivity index (χ0v) is 17.9. The third kappa shape index (κ3) is 5.95. The maximum absolute atomic E-state index is 4.37. The van der Waals surface area contributed by atoms with Crippen LogP contribution in [0.3, 0.4) is 0 Å². The Balaban J connectivity index is 0.00000288. The Kier molecular flexibility index (Phi) is 9.12. The van der Waals surface area contributed by atoms with Crippen LogP contribution in [0.25, 0.3) is 0 Å². The zero-order valence-electron chi connectivity index (χ0n) is 15.6. The molecule has 0 amide bonds. The number of rotatable bonds is 6. The Morgan fingerprint density at radius 2 is 2.00 bits per heavy atom. The van der Waals surface area contributed by atoms with Gasteiger partial charge in [0.1, 0.15) is 0 Å². The molecule has 0 aromatic carbocycles. The topological polar surface area (TPSA) is 44.6 Å². The van der Waals surface area contributed by atoms with Crippen molar-refractivity contribution in [3.63, 3.8) is 0 Å². The molecule has 1 aromatic rings. The van der Waals surface area contributed by atoms with Gasteiger partial charge in [0, 0.05) is 44.6 Å². The first-order valence-electron chi connectivity index (χ1n) is 8.78. The van der Waals surface area contributed by atoms with Crippen LogP contribution in [-0.2, 0) is 6.54 Å². The average molecular weight is 447 g/mol. The maximum Gasteiger partial charge on any atom is 0.191 e. The molecule has 2 atom stereocenters. The lowest BCUT2D eigenvalue weighted by molar-refractivity contribution is 0.0796. The minimum absolute atomic E-state index is 0. The molecule has 0 spiro atoms. The molecule has 2 rings (SSSR count). The van der Waals surface area contributed by atoms with Gasteiger partial charge in [-0.2, -0.15) is 0 Å². The van der Waals surface area contributed by atoms with E-state index in [1.54, 1.807) is 0 Å². The summed E-state index contributed by atoms with van der Waals surface area (Å²) in [6, 6.07) is 4.11. The summed E-state index contributed by atoms with van der Waals surface area (Å²) in [5.41, 5.74) is 0.246. The van der Waals surface area contributed by atoms with Crippen molar-refractivity contribution in [2.75, 3.05) is 34.2 Å². The largest absolute Gasteiger partial charge is 0.355 e. The van der Waals surface area contributed by atoms with Crippen molar-refractivity contribution in [1.29, 1.82) is 0 Å². The molecule has 0 saturated heterocycles. The van der Waals surface area contributed by atoms with Gasteiger partial charge in [-0.1, -0.05) is 19.8 Å². The molecule has 24 heavy (non-hydrogen) atoms. The molecule has 1 heterocycles. The van der Waals surface area contributed by atoms with E-state index < -0.39 is 0 Å². The number of aromatic nitrogens is 1. The second-order valence-electron chi connectivity index (χ2n) is 7.09. The van der Waals surface area contributed by atoms with Crippen molar-refractivity contribution in [1.82, 2.24) is 20.1 Å². The van der Waals surface area contributed by atoms with Crippen LogP contribution in [-0.4, -0.2) is 55.2 Å². The fraction of sp³-hybridized carbons (Fsp3) is 0.722. The molecule has 0 aliphatic heterocycles. The van der Waals surface area contributed by atoms with Crippen molar-refractivity contribution in [3.05, 3.63) is 24.5 Å². The summed E-state index contributed by atoms with van der Waals surface area (Å²) in [5, 5.41) is 6.96. The monoisotopic (exact) mass is 447 g/mol. The zero-order chi connectivity index (χ0) is 16.7. The van der Waals surface area contributed by atoms with E-state index in [1.165, 1.54) is 25.7 Å². The first-order chi connectivity index (χ1) is 11.1. The van der Waals surface area contributed by atoms with E-state index in [0.717, 1.165) is 31.5 Å². The molecule has 1 fully saturated rings. The van der Waals surface area contributed by atoms with Gasteiger partial charge in [-0.3, -0.25) is 4.99 Å². The Morgan fingerprint density at radius 1 is 1.29 bits per heavy atom. The predicted molar refractivity (Wildman–Crippen MR) is 113 cm³/mol. The first kappa shape index (κ1) is 21.3. The standard InChI is InChI=1S/C18H33N5.HI/c1-16-8-7-9-18(14-16,22(3)4)15-21-17(19-2)20-10-13-23-11-5-6-12-23;/h5-6,11-12,16H,7-10,13-15H2,1-4H3,(H2,19,20,21);1H. The van der Waals surface area contributed by atoms with Crippen LogP contribution in [0.4, 0.5) is 0 Å². The van der Waals surface area contributed by atoms with Crippen LogP contribution in [0, 0.1) is 5.92 Å². The van der Waals surface area contributed by atoms with Crippen molar-refractivity contribution in [3.8, 4) is 0 Å². The molecule has 6 heteroatoms. The Morgan fingerprint density at radius 3 is 2.58 bits per heavy atom. The molecule has 1 aliphatic carbocycles. The molecule has 1 aliphatic rings. The van der Waals surface area contributed by atoms with Crippen LogP contribution >= 0.6 is 24.0 Å². The van der Waals surface area contributed by atoms with Crippen molar-refractivity contribution < 1.29 is 0 Å². The van der Waals surface area contributed by atoms with Crippen LogP contribution in [0.2, 0.25) is 0 Å². The Hall–Kier alpha value is -0.760. The molecule has 1 saturated carbocycles. The molecule has 138 valence electrons. The van der Waals surface area contributed by atoms with E-state index in [-0.39, 0.29) is 29.5 Å². The van der Waals surface area contributed by atoms with Crippen molar-refractivity contribution in [2.24, 2.45) is 10.9 Å². The van der Waals surface area contributed by atoms with E-state index in [9.17, 15) is 0 Å². The normalized spacial score (nSPS) is 24.5. The third-order valence-electron chi connectivity index (χ3n) is 5.15. The summed E-state index contributed by atoms with van der Waals surface area (Å²) in [6.07, 6.45) is 9.37. The highest BCUT2D eigenvalue weighted by atomic mass is 127. The fourth-order valence-electron chi connectivity index (χ4n) is 3.65. The number of likely N-dealkylation sites (N-methyl/N-ethyl adjacent to an activating group) is 1. The quantitative estimate of drug-likeness (QED) is 0.401. The lowest BCUT2D eigenvalue weighted by Crippen LogP contribution is -2.56. The van der Waals surface area contributed by atoms with Crippen molar-refractivity contribution >= 4 is 29.9 Å². The van der Waals surface area contributed by atoms with E-state index in [0.29, 0.717) is 0 Å². The van der Waals surface area contributed by atoms with Crippen LogP contribution in [0.15, 0.2) is 29.5 Å². The summed E-state index contributed by atoms with van der Waals surface area (Å²) >= 11 is 0. The lowest BCUT2D eigenvalue weighted by Gasteiger charge is -2.45. The molecule has 0 bridgehead atoms. The molecule has 1 aromatic heterocycles. The van der Waals surface area contributed by atoms with Gasteiger partial charge in [-0.25, -0.2) is 0 Å². The highest BCUT2D eigenvalue weighted by molar-refractivity contribution is 14.0. The second-order valence-corrected chi connectivity index (χ2v) is 7.09. The average Bonchev–Trinajstić information content (AvgIpc) is 3.04. The molecular formula is C18H34IN5. The van der Waals surface area contributed by atoms with Gasteiger partial charge in [-0.05, 0) is 45.0 Å². The molecule has 5 nitrogen and oxygen atoms in total. The van der Waals surface area contributed by atoms with Gasteiger partial charge < -0.3 is 20.1 Å². The Bertz CT molecular complexity index is 486. The smallest absolute Gasteiger partial charge is 0.191 e. The lowest BCUT2D eigenvalue weighted by atomic mass is 9.75. The number of nitrogens with one attached hydrogen (secondary N) is 2. The van der Waals surface area contributed by atoms with E-state index in [4.69, 9.17) is 0 Å². The summed E-state index contributed by atoms with van der Waals surface area (Å²) in [5.74, 6) is 1.70. The number of nitrogens with zero attached hydrogens (tertiary/aromatic N) is 3. The van der Waals surface area contributed by atoms with Gasteiger partial charge in [0.25, 0.3) is 0 Å². The van der Waals surface area contributed by atoms with Crippen LogP contribution in [0.5, 0.6) is 0 Å². The molecular weight excluding hydrogens is 413 g/mol. The fourth-order valence-corrected chi connectivity index (χ4v) is 3.65. The minimum atomic E-state index is 0. The number of halogens is 1. The highest BCUT2D eigenvalue weighted by Crippen LogP contribution is 2.35. The minimum Gasteiger partial charge on any atom is -0.355 e. The molecule has 0 radical (unpaired) electrons. The number of hydrogen-bond acceptors (Lipinski definition) is 2. The predicted octanol–water partition coefficient (Wildman–Crippen LogP) is 2.78. The van der Waals surface area contributed by atoms with Crippen LogP contribution in [0.1, 0.15) is 32.6 Å². The number of hydrogen-bond donors (Lipinski definition) is 2. The van der Waals surface area contributed by atoms with E-state index >= 15 is 0 Å². The van der Waals surface area contributed by atoms with E-state index in [2.05, 4.69) is 70.6 Å². The first-order valence-corrected chi connectivity index (χ1v) is 8.78. The summed E-state index contributed by atoms with van der Waals surface area (Å²) in [7, 11) is 6.26. The highest BCUT2D eigenvalue weighted by Gasteiger charge is 2.36. The second kappa shape index (κ2) is 10.3. The van der Waals surface area contributed by atoms with Gasteiger partial charge in [0.05, 0.1) is 0 Å². The third-order valence-corrected chi connectivity index (χ3v) is 5.15. The summed E-state index contributed by atoms with van der Waals surface area (Å²) < 4.78 is 2.17. The Labute approximate surface area is 164 Å². The van der Waals surface area contributed by atoms with Gasteiger partial charge >= 0.3 is 0 Å².